The average Bonchev–Trinajstić information content (AvgIpc) is 2.17. The van der Waals surface area contributed by atoms with E-state index in [4.69, 9.17) is 5.73 Å². The van der Waals surface area contributed by atoms with Gasteiger partial charge in [0.1, 0.15) is 0 Å². The zero-order valence-corrected chi connectivity index (χ0v) is 8.92. The highest BCUT2D eigenvalue weighted by molar-refractivity contribution is 5.77. The molecule has 82 valence electrons. The third kappa shape index (κ3) is 3.54. The van der Waals surface area contributed by atoms with E-state index < -0.39 is 5.60 Å². The Morgan fingerprint density at radius 1 is 1.43 bits per heavy atom. The molecule has 0 spiro atoms. The number of hydrogen-bond acceptors (Lipinski definition) is 2. The number of guanidine groups is 1. The van der Waals surface area contributed by atoms with Gasteiger partial charge in [-0.05, 0) is 19.8 Å². The smallest absolute Gasteiger partial charge is 0.188 e. The first-order valence-electron chi connectivity index (χ1n) is 5.42. The summed E-state index contributed by atoms with van der Waals surface area (Å²) >= 11 is 0. The van der Waals surface area contributed by atoms with Crippen molar-refractivity contribution in [3.8, 4) is 0 Å². The molecule has 4 heteroatoms. The van der Waals surface area contributed by atoms with E-state index in [9.17, 15) is 5.11 Å². The Bertz CT molecular complexity index is 198. The Balaban J connectivity index is 2.37. The monoisotopic (exact) mass is 199 g/mol. The van der Waals surface area contributed by atoms with Crippen molar-refractivity contribution in [3.05, 3.63) is 0 Å². The van der Waals surface area contributed by atoms with Gasteiger partial charge in [-0.15, -0.1) is 0 Å². The zero-order valence-electron chi connectivity index (χ0n) is 8.92. The predicted molar refractivity (Wildman–Crippen MR) is 58.2 cm³/mol. The molecule has 1 saturated carbocycles. The fourth-order valence-electron chi connectivity index (χ4n) is 1.84. The molecule has 1 rings (SSSR count). The molecule has 0 aromatic heterocycles. The van der Waals surface area contributed by atoms with Crippen molar-refractivity contribution in [1.82, 2.24) is 5.32 Å². The molecule has 4 N–H and O–H groups in total. The minimum atomic E-state index is -0.599. The molecule has 0 unspecified atom stereocenters. The van der Waals surface area contributed by atoms with Gasteiger partial charge in [-0.1, -0.05) is 19.3 Å². The van der Waals surface area contributed by atoms with E-state index in [1.807, 2.05) is 6.92 Å². The van der Waals surface area contributed by atoms with Crippen LogP contribution in [0, 0.1) is 0 Å². The van der Waals surface area contributed by atoms with E-state index >= 15 is 0 Å². The molecule has 0 heterocycles. The summed E-state index contributed by atoms with van der Waals surface area (Å²) in [4.78, 5) is 4.14. The molecule has 0 aliphatic heterocycles. The molecule has 0 saturated heterocycles. The van der Waals surface area contributed by atoms with Crippen LogP contribution in [0.15, 0.2) is 4.99 Å². The molecule has 4 nitrogen and oxygen atoms in total. The van der Waals surface area contributed by atoms with Gasteiger partial charge in [-0.25, -0.2) is 0 Å². The fraction of sp³-hybridized carbons (Fsp3) is 0.900. The maximum Gasteiger partial charge on any atom is 0.188 e. The van der Waals surface area contributed by atoms with Crippen molar-refractivity contribution in [2.75, 3.05) is 13.1 Å². The number of aliphatic hydroxyl groups is 1. The molecular formula is C10H21N3O. The van der Waals surface area contributed by atoms with E-state index in [2.05, 4.69) is 10.3 Å². The molecule has 0 bridgehead atoms. The van der Waals surface area contributed by atoms with Crippen LogP contribution < -0.4 is 11.1 Å². The van der Waals surface area contributed by atoms with Gasteiger partial charge in [0.2, 0.25) is 0 Å². The lowest BCUT2D eigenvalue weighted by atomic mass is 9.85. The quantitative estimate of drug-likeness (QED) is 0.460. The van der Waals surface area contributed by atoms with Gasteiger partial charge in [-0.2, -0.15) is 0 Å². The summed E-state index contributed by atoms with van der Waals surface area (Å²) in [6.45, 7) is 3.18. The van der Waals surface area contributed by atoms with E-state index in [0.717, 1.165) is 32.2 Å². The van der Waals surface area contributed by atoms with Crippen molar-refractivity contribution >= 4 is 5.96 Å². The minimum absolute atomic E-state index is 0.436. The Labute approximate surface area is 85.6 Å². The summed E-state index contributed by atoms with van der Waals surface area (Å²) in [5.41, 5.74) is 4.99. The Kier molecular flexibility index (Phi) is 4.20. The summed E-state index contributed by atoms with van der Waals surface area (Å²) in [7, 11) is 0. The third-order valence-corrected chi connectivity index (χ3v) is 2.69. The van der Waals surface area contributed by atoms with E-state index in [-0.39, 0.29) is 0 Å². The first-order valence-corrected chi connectivity index (χ1v) is 5.42. The highest BCUT2D eigenvalue weighted by atomic mass is 16.3. The summed E-state index contributed by atoms with van der Waals surface area (Å²) < 4.78 is 0. The van der Waals surface area contributed by atoms with Crippen LogP contribution in [0.2, 0.25) is 0 Å². The normalized spacial score (nSPS) is 22.0. The highest BCUT2D eigenvalue weighted by Crippen LogP contribution is 2.27. The molecule has 1 aliphatic rings. The van der Waals surface area contributed by atoms with Gasteiger partial charge < -0.3 is 16.2 Å². The number of nitrogens with two attached hydrogens (primary N) is 1. The number of nitrogens with one attached hydrogen (secondary N) is 1. The van der Waals surface area contributed by atoms with Crippen LogP contribution in [0.25, 0.3) is 0 Å². The first kappa shape index (κ1) is 11.3. The van der Waals surface area contributed by atoms with E-state index in [1.165, 1.54) is 6.42 Å². The standard InChI is InChI=1S/C10H21N3O/c1-2-12-9(11)13-8-10(14)6-4-3-5-7-10/h14H,2-8H2,1H3,(H3,11,12,13). The largest absolute Gasteiger partial charge is 0.388 e. The maximum absolute atomic E-state index is 10.1. The lowest BCUT2D eigenvalue weighted by Crippen LogP contribution is -2.38. The van der Waals surface area contributed by atoms with Crippen molar-refractivity contribution in [2.45, 2.75) is 44.6 Å². The summed E-state index contributed by atoms with van der Waals surface area (Å²) in [6, 6.07) is 0. The van der Waals surface area contributed by atoms with Crippen LogP contribution in [0.5, 0.6) is 0 Å². The van der Waals surface area contributed by atoms with E-state index in [1.54, 1.807) is 0 Å². The molecule has 0 radical (unpaired) electrons. The van der Waals surface area contributed by atoms with Gasteiger partial charge in [0, 0.05) is 6.54 Å². The van der Waals surface area contributed by atoms with Crippen molar-refractivity contribution < 1.29 is 5.11 Å². The van der Waals surface area contributed by atoms with Gasteiger partial charge in [0.25, 0.3) is 0 Å². The van der Waals surface area contributed by atoms with E-state index in [0.29, 0.717) is 12.5 Å². The maximum atomic E-state index is 10.1. The van der Waals surface area contributed by atoms with Gasteiger partial charge in [0.05, 0.1) is 12.1 Å². The topological polar surface area (TPSA) is 70.6 Å². The second kappa shape index (κ2) is 5.20. The number of nitrogens with zero attached hydrogens (tertiary/aromatic N) is 1. The van der Waals surface area contributed by atoms with Gasteiger partial charge in [0.15, 0.2) is 5.96 Å². The molecule has 0 atom stereocenters. The zero-order chi connectivity index (χ0) is 10.4. The van der Waals surface area contributed by atoms with Gasteiger partial charge in [-0.3, -0.25) is 4.99 Å². The first-order chi connectivity index (χ1) is 6.66. The van der Waals surface area contributed by atoms with Crippen LogP contribution in [0.3, 0.4) is 0 Å². The fourth-order valence-corrected chi connectivity index (χ4v) is 1.84. The number of aliphatic imine (C=N–C) groups is 1. The number of rotatable bonds is 3. The average molecular weight is 199 g/mol. The summed E-state index contributed by atoms with van der Waals surface area (Å²) in [5.74, 6) is 0.437. The second-order valence-electron chi connectivity index (χ2n) is 4.02. The molecule has 1 aliphatic carbocycles. The Hall–Kier alpha value is -0.770. The Morgan fingerprint density at radius 3 is 2.64 bits per heavy atom. The molecule has 0 aromatic carbocycles. The van der Waals surface area contributed by atoms with Crippen LogP contribution in [-0.4, -0.2) is 29.8 Å². The molecule has 14 heavy (non-hydrogen) atoms. The Morgan fingerprint density at radius 2 is 2.07 bits per heavy atom. The number of hydrogen-bond donors (Lipinski definition) is 3. The van der Waals surface area contributed by atoms with Gasteiger partial charge >= 0.3 is 0 Å². The highest BCUT2D eigenvalue weighted by Gasteiger charge is 2.28. The minimum Gasteiger partial charge on any atom is -0.388 e. The second-order valence-corrected chi connectivity index (χ2v) is 4.02. The van der Waals surface area contributed by atoms with Crippen LogP contribution in [0.1, 0.15) is 39.0 Å². The molecule has 0 amide bonds. The van der Waals surface area contributed by atoms with Crippen molar-refractivity contribution in [3.63, 3.8) is 0 Å². The van der Waals surface area contributed by atoms with Crippen LogP contribution in [-0.2, 0) is 0 Å². The van der Waals surface area contributed by atoms with Crippen molar-refractivity contribution in [2.24, 2.45) is 10.7 Å². The molecule has 0 aromatic rings. The van der Waals surface area contributed by atoms with Crippen LogP contribution in [0.4, 0.5) is 0 Å². The molecule has 1 fully saturated rings. The molecular weight excluding hydrogens is 178 g/mol. The predicted octanol–water partition coefficient (Wildman–Crippen LogP) is 0.606. The third-order valence-electron chi connectivity index (χ3n) is 2.69. The van der Waals surface area contributed by atoms with Crippen molar-refractivity contribution in [1.29, 1.82) is 0 Å². The summed E-state index contributed by atoms with van der Waals surface area (Å²) in [5, 5.41) is 13.0. The summed E-state index contributed by atoms with van der Waals surface area (Å²) in [6.07, 6.45) is 5.15. The SMILES string of the molecule is CCNC(N)=NCC1(O)CCCCC1. The van der Waals surface area contributed by atoms with Crippen LogP contribution >= 0.6 is 0 Å². The lowest BCUT2D eigenvalue weighted by Gasteiger charge is -2.30. The lowest BCUT2D eigenvalue weighted by molar-refractivity contribution is 0.0132.